The molecule has 2 aromatic carbocycles. The van der Waals surface area contributed by atoms with Crippen LogP contribution >= 0.6 is 0 Å². The Balaban J connectivity index is 1.52. The summed E-state index contributed by atoms with van der Waals surface area (Å²) in [4.78, 5) is 43.0. The first-order valence-electron chi connectivity index (χ1n) is 14.0. The number of rotatable bonds is 6. The first-order valence-corrected chi connectivity index (χ1v) is 14.0. The van der Waals surface area contributed by atoms with Gasteiger partial charge in [-0.3, -0.25) is 14.4 Å². The Morgan fingerprint density at radius 2 is 1.82 bits per heavy atom. The summed E-state index contributed by atoms with van der Waals surface area (Å²) < 4.78 is 5.53. The van der Waals surface area contributed by atoms with Crippen LogP contribution in [0.1, 0.15) is 74.4 Å². The van der Waals surface area contributed by atoms with Crippen molar-refractivity contribution < 1.29 is 19.1 Å². The Hall–Kier alpha value is -3.39. The van der Waals surface area contributed by atoms with E-state index in [1.807, 2.05) is 30.3 Å². The van der Waals surface area contributed by atoms with Crippen LogP contribution < -0.4 is 20.7 Å². The zero-order valence-corrected chi connectivity index (χ0v) is 23.5. The maximum absolute atomic E-state index is 14.3. The molecule has 8 nitrogen and oxygen atoms in total. The van der Waals surface area contributed by atoms with Crippen LogP contribution in [0.5, 0.6) is 5.75 Å². The van der Waals surface area contributed by atoms with Crippen LogP contribution in [0.4, 0.5) is 0 Å². The van der Waals surface area contributed by atoms with Crippen LogP contribution in [0, 0.1) is 5.41 Å². The average molecular weight is 533 g/mol. The molecule has 2 aliphatic heterocycles. The molecule has 0 spiro atoms. The molecule has 2 heterocycles. The zero-order chi connectivity index (χ0) is 27.9. The molecule has 208 valence electrons. The summed E-state index contributed by atoms with van der Waals surface area (Å²) >= 11 is 0. The molecule has 3 aliphatic rings. The molecule has 0 bridgehead atoms. The number of methoxy groups -OCH3 is 1. The zero-order valence-electron chi connectivity index (χ0n) is 23.5. The van der Waals surface area contributed by atoms with Crippen LogP contribution in [0.15, 0.2) is 42.5 Å². The van der Waals surface area contributed by atoms with E-state index in [0.717, 1.165) is 36.0 Å². The lowest BCUT2D eigenvalue weighted by molar-refractivity contribution is -0.145. The summed E-state index contributed by atoms with van der Waals surface area (Å²) in [6, 6.07) is 11.8. The average Bonchev–Trinajstić information content (AvgIpc) is 3.17. The normalized spacial score (nSPS) is 26.0. The number of ether oxygens (including phenoxy) is 1. The first kappa shape index (κ1) is 27.2. The van der Waals surface area contributed by atoms with Crippen molar-refractivity contribution in [3.05, 3.63) is 64.7 Å². The van der Waals surface area contributed by atoms with Crippen molar-refractivity contribution in [1.29, 1.82) is 0 Å². The van der Waals surface area contributed by atoms with Gasteiger partial charge in [-0.25, -0.2) is 0 Å². The minimum absolute atomic E-state index is 0.0845. The number of carbonyl (C=O) groups excluding carboxylic acids is 3. The fraction of sp³-hybridized carbons (Fsp3) is 0.516. The predicted octanol–water partition coefficient (Wildman–Crippen LogP) is 3.21. The number of hydrogen-bond acceptors (Lipinski definition) is 5. The number of likely N-dealkylation sites (N-methyl/N-ethyl adjacent to an activating group) is 1. The van der Waals surface area contributed by atoms with Crippen molar-refractivity contribution in [2.24, 2.45) is 5.41 Å². The van der Waals surface area contributed by atoms with Gasteiger partial charge in [0.05, 0.1) is 25.2 Å². The van der Waals surface area contributed by atoms with Gasteiger partial charge in [-0.2, -0.15) is 0 Å². The highest BCUT2D eigenvalue weighted by atomic mass is 16.5. The molecular weight excluding hydrogens is 492 g/mol. The van der Waals surface area contributed by atoms with E-state index in [-0.39, 0.29) is 29.8 Å². The first-order chi connectivity index (χ1) is 18.6. The number of nitrogens with one attached hydrogen (secondary N) is 3. The van der Waals surface area contributed by atoms with Gasteiger partial charge in [0.1, 0.15) is 17.8 Å². The third-order valence-corrected chi connectivity index (χ3v) is 8.84. The molecule has 8 heteroatoms. The fourth-order valence-corrected chi connectivity index (χ4v) is 6.66. The Morgan fingerprint density at radius 1 is 1.05 bits per heavy atom. The number of benzene rings is 2. The van der Waals surface area contributed by atoms with Crippen LogP contribution in [-0.2, 0) is 27.2 Å². The summed E-state index contributed by atoms with van der Waals surface area (Å²) in [6.07, 6.45) is 3.87. The van der Waals surface area contributed by atoms with Gasteiger partial charge in [-0.1, -0.05) is 44.2 Å². The third kappa shape index (κ3) is 5.02. The lowest BCUT2D eigenvalue weighted by Gasteiger charge is -2.36. The lowest BCUT2D eigenvalue weighted by atomic mass is 9.81. The summed E-state index contributed by atoms with van der Waals surface area (Å²) in [7, 11) is 3.34. The van der Waals surface area contributed by atoms with Crippen LogP contribution in [0.2, 0.25) is 0 Å². The van der Waals surface area contributed by atoms with Gasteiger partial charge in [-0.15, -0.1) is 0 Å². The number of carbonyl (C=O) groups is 3. The van der Waals surface area contributed by atoms with Gasteiger partial charge in [0.25, 0.3) is 0 Å². The molecule has 39 heavy (non-hydrogen) atoms. The van der Waals surface area contributed by atoms with E-state index < -0.39 is 23.5 Å². The Kier molecular flexibility index (Phi) is 7.42. The molecule has 1 saturated heterocycles. The number of hydrogen-bond donors (Lipinski definition) is 3. The largest absolute Gasteiger partial charge is 0.497 e. The second kappa shape index (κ2) is 10.6. The molecular formula is C31H40N4O4. The van der Waals surface area contributed by atoms with E-state index in [4.69, 9.17) is 4.74 Å². The number of aryl methyl sites for hydroxylation is 1. The summed E-state index contributed by atoms with van der Waals surface area (Å²) in [5.41, 5.74) is 3.91. The van der Waals surface area contributed by atoms with Gasteiger partial charge in [-0.05, 0) is 79.5 Å². The summed E-state index contributed by atoms with van der Waals surface area (Å²) in [5.74, 6) is 0.0961. The van der Waals surface area contributed by atoms with E-state index in [2.05, 4.69) is 41.9 Å². The SMILES string of the molecule is CN[C@@H](C)C(=O)N[C@H]1Cc2ccc(OC)cc2[C@H]2CC(C)(C)[C@H](C(=O)N[C@@H]3CCCc4ccccc43)N2C1=O. The summed E-state index contributed by atoms with van der Waals surface area (Å²) in [5, 5.41) is 9.23. The Bertz CT molecular complexity index is 1270. The second-order valence-corrected chi connectivity index (χ2v) is 11.8. The molecule has 0 saturated carbocycles. The third-order valence-electron chi connectivity index (χ3n) is 8.84. The quantitative estimate of drug-likeness (QED) is 0.531. The van der Waals surface area contributed by atoms with Gasteiger partial charge < -0.3 is 25.6 Å². The number of fused-ring (bicyclic) bond motifs is 4. The van der Waals surface area contributed by atoms with Crippen molar-refractivity contribution in [2.45, 2.75) is 83.1 Å². The number of nitrogens with zero attached hydrogens (tertiary/aromatic N) is 1. The van der Waals surface area contributed by atoms with Crippen LogP contribution in [0.3, 0.4) is 0 Å². The molecule has 3 amide bonds. The van der Waals surface area contributed by atoms with E-state index >= 15 is 0 Å². The monoisotopic (exact) mass is 532 g/mol. The molecule has 0 radical (unpaired) electrons. The molecule has 3 N–H and O–H groups in total. The Labute approximate surface area is 230 Å². The molecule has 0 unspecified atom stereocenters. The molecule has 1 aliphatic carbocycles. The summed E-state index contributed by atoms with van der Waals surface area (Å²) in [6.45, 7) is 5.88. The van der Waals surface area contributed by atoms with Crippen molar-refractivity contribution in [1.82, 2.24) is 20.9 Å². The Morgan fingerprint density at radius 3 is 2.56 bits per heavy atom. The van der Waals surface area contributed by atoms with Gasteiger partial charge >= 0.3 is 0 Å². The van der Waals surface area contributed by atoms with E-state index in [0.29, 0.717) is 18.6 Å². The smallest absolute Gasteiger partial charge is 0.246 e. The van der Waals surface area contributed by atoms with E-state index in [9.17, 15) is 14.4 Å². The highest BCUT2D eigenvalue weighted by Gasteiger charge is 2.55. The van der Waals surface area contributed by atoms with Gasteiger partial charge in [0.2, 0.25) is 17.7 Å². The van der Waals surface area contributed by atoms with Crippen LogP contribution in [0.25, 0.3) is 0 Å². The lowest BCUT2D eigenvalue weighted by Crippen LogP contribution is -2.57. The van der Waals surface area contributed by atoms with Gasteiger partial charge in [0.15, 0.2) is 0 Å². The van der Waals surface area contributed by atoms with E-state index in [1.54, 1.807) is 26.0 Å². The maximum Gasteiger partial charge on any atom is 0.246 e. The van der Waals surface area contributed by atoms with Crippen molar-refractivity contribution in [3.8, 4) is 5.75 Å². The fourth-order valence-electron chi connectivity index (χ4n) is 6.66. The van der Waals surface area contributed by atoms with E-state index in [1.165, 1.54) is 5.56 Å². The number of amides is 3. The minimum atomic E-state index is -0.773. The maximum atomic E-state index is 14.3. The highest BCUT2D eigenvalue weighted by molar-refractivity contribution is 5.95. The minimum Gasteiger partial charge on any atom is -0.497 e. The van der Waals surface area contributed by atoms with Crippen molar-refractivity contribution in [3.63, 3.8) is 0 Å². The predicted molar refractivity (Wildman–Crippen MR) is 149 cm³/mol. The second-order valence-electron chi connectivity index (χ2n) is 11.8. The highest BCUT2D eigenvalue weighted by Crippen LogP contribution is 2.50. The standard InChI is InChI=1S/C31H40N4O4/c1-18(32-4)28(36)34-25-15-20-13-14-21(39-5)16-23(20)26-17-31(2,3)27(35(26)30(25)38)29(37)33-24-12-8-10-19-9-6-7-11-22(19)24/h6-7,9,11,13-14,16,18,24-27,32H,8,10,12,15,17H2,1-5H3,(H,33,37)(H,34,36)/t18-,24+,25-,26+,27-/m0/s1. The molecule has 5 rings (SSSR count). The molecule has 2 aromatic rings. The topological polar surface area (TPSA) is 99.8 Å². The van der Waals surface area contributed by atoms with Crippen molar-refractivity contribution >= 4 is 17.7 Å². The molecule has 1 fully saturated rings. The van der Waals surface area contributed by atoms with Gasteiger partial charge in [0, 0.05) is 6.42 Å². The molecule has 5 atom stereocenters. The molecule has 0 aromatic heterocycles. The van der Waals surface area contributed by atoms with Crippen molar-refractivity contribution in [2.75, 3.05) is 14.2 Å². The van der Waals surface area contributed by atoms with Crippen LogP contribution in [-0.4, -0.2) is 54.9 Å².